The first-order valence-electron chi connectivity index (χ1n) is 8.64. The molecule has 7 heteroatoms. The van der Waals surface area contributed by atoms with Crippen LogP contribution >= 0.6 is 0 Å². The van der Waals surface area contributed by atoms with Crippen molar-refractivity contribution in [1.29, 1.82) is 0 Å². The zero-order chi connectivity index (χ0) is 18.3. The predicted molar refractivity (Wildman–Crippen MR) is 97.9 cm³/mol. The Morgan fingerprint density at radius 3 is 2.46 bits per heavy atom. The Morgan fingerprint density at radius 2 is 1.77 bits per heavy atom. The van der Waals surface area contributed by atoms with Gasteiger partial charge in [0.25, 0.3) is 0 Å². The van der Waals surface area contributed by atoms with Crippen molar-refractivity contribution in [1.82, 2.24) is 13.9 Å². The lowest BCUT2D eigenvalue weighted by Crippen LogP contribution is -2.38. The fraction of sp³-hybridized carbons (Fsp3) is 0.316. The van der Waals surface area contributed by atoms with E-state index in [1.54, 1.807) is 0 Å². The summed E-state index contributed by atoms with van der Waals surface area (Å²) in [5.74, 6) is -0.440. The van der Waals surface area contributed by atoms with E-state index in [0.29, 0.717) is 13.1 Å². The molecule has 0 unspecified atom stereocenters. The number of nitrogens with zero attached hydrogens (tertiary/aromatic N) is 3. The van der Waals surface area contributed by atoms with Crippen LogP contribution in [-0.2, 0) is 10.0 Å². The normalized spacial score (nSPS) is 17.0. The molecule has 0 spiro atoms. The molecule has 0 amide bonds. The second kappa shape index (κ2) is 6.48. The van der Waals surface area contributed by atoms with Gasteiger partial charge in [-0.1, -0.05) is 6.07 Å². The quantitative estimate of drug-likeness (QED) is 0.706. The van der Waals surface area contributed by atoms with E-state index in [1.165, 1.54) is 34.1 Å². The van der Waals surface area contributed by atoms with Crippen molar-refractivity contribution in [2.75, 3.05) is 13.1 Å². The molecule has 0 atom stereocenters. The van der Waals surface area contributed by atoms with Crippen molar-refractivity contribution in [3.8, 4) is 0 Å². The van der Waals surface area contributed by atoms with E-state index in [-0.39, 0.29) is 10.9 Å². The maximum Gasteiger partial charge on any atom is 0.243 e. The summed E-state index contributed by atoms with van der Waals surface area (Å²) < 4.78 is 42.1. The van der Waals surface area contributed by atoms with Crippen molar-refractivity contribution in [2.24, 2.45) is 0 Å². The van der Waals surface area contributed by atoms with E-state index in [0.717, 1.165) is 23.9 Å². The Labute approximate surface area is 152 Å². The Kier molecular flexibility index (Phi) is 4.28. The van der Waals surface area contributed by atoms with E-state index in [4.69, 9.17) is 0 Å². The minimum Gasteiger partial charge on any atom is -0.327 e. The molecule has 1 aliphatic heterocycles. The van der Waals surface area contributed by atoms with Crippen LogP contribution in [0.4, 0.5) is 4.39 Å². The van der Waals surface area contributed by atoms with Crippen LogP contribution in [0, 0.1) is 12.7 Å². The van der Waals surface area contributed by atoms with E-state index in [2.05, 4.69) is 27.8 Å². The van der Waals surface area contributed by atoms with Crippen molar-refractivity contribution in [2.45, 2.75) is 30.7 Å². The fourth-order valence-electron chi connectivity index (χ4n) is 3.55. The molecular formula is C19H20FN3O2S. The number of hydrogen-bond donors (Lipinski definition) is 0. The fourth-order valence-corrected chi connectivity index (χ4v) is 5.02. The Morgan fingerprint density at radius 1 is 1.08 bits per heavy atom. The number of benzene rings is 2. The van der Waals surface area contributed by atoms with Crippen molar-refractivity contribution >= 4 is 21.1 Å². The van der Waals surface area contributed by atoms with Crippen LogP contribution < -0.4 is 0 Å². The molecule has 0 N–H and O–H groups in total. The molecule has 1 aliphatic rings. The van der Waals surface area contributed by atoms with Gasteiger partial charge in [-0.05, 0) is 61.7 Å². The largest absolute Gasteiger partial charge is 0.327 e. The zero-order valence-electron chi connectivity index (χ0n) is 14.5. The maximum absolute atomic E-state index is 13.1. The molecular weight excluding hydrogens is 353 g/mol. The maximum atomic E-state index is 13.1. The molecule has 1 fully saturated rings. The molecule has 2 aromatic carbocycles. The summed E-state index contributed by atoms with van der Waals surface area (Å²) in [5, 5.41) is 0. The van der Waals surface area contributed by atoms with Crippen molar-refractivity contribution < 1.29 is 12.8 Å². The lowest BCUT2D eigenvalue weighted by atomic mass is 10.1. The van der Waals surface area contributed by atoms with Gasteiger partial charge in [-0.15, -0.1) is 0 Å². The van der Waals surface area contributed by atoms with E-state index < -0.39 is 15.8 Å². The number of rotatable bonds is 3. The average molecular weight is 373 g/mol. The van der Waals surface area contributed by atoms with Crippen LogP contribution in [0.15, 0.2) is 53.7 Å². The summed E-state index contributed by atoms with van der Waals surface area (Å²) in [7, 11) is -3.58. The molecule has 136 valence electrons. The van der Waals surface area contributed by atoms with Crippen LogP contribution in [0.1, 0.15) is 24.4 Å². The summed E-state index contributed by atoms with van der Waals surface area (Å²) in [6.45, 7) is 2.92. The van der Waals surface area contributed by atoms with Crippen molar-refractivity contribution in [3.63, 3.8) is 0 Å². The van der Waals surface area contributed by atoms with Crippen LogP contribution in [-0.4, -0.2) is 35.4 Å². The third-order valence-electron chi connectivity index (χ3n) is 5.00. The highest BCUT2D eigenvalue weighted by Gasteiger charge is 2.30. The summed E-state index contributed by atoms with van der Waals surface area (Å²) in [6, 6.07) is 11.4. The molecule has 3 aromatic rings. The highest BCUT2D eigenvalue weighted by Crippen LogP contribution is 2.29. The van der Waals surface area contributed by atoms with Crippen LogP contribution in [0.25, 0.3) is 11.0 Å². The standard InChI is InChI=1S/C19H20FN3O2S/c1-14-2-7-19-18(12-14)21-13-23(19)16-8-10-22(11-9-16)26(24,25)17-5-3-15(20)4-6-17/h2-7,12-13,16H,8-11H2,1H3. The molecule has 1 saturated heterocycles. The smallest absolute Gasteiger partial charge is 0.243 e. The highest BCUT2D eigenvalue weighted by atomic mass is 32.2. The molecule has 5 nitrogen and oxygen atoms in total. The van der Waals surface area contributed by atoms with Gasteiger partial charge in [-0.25, -0.2) is 17.8 Å². The molecule has 26 heavy (non-hydrogen) atoms. The van der Waals surface area contributed by atoms with Crippen LogP contribution in [0.2, 0.25) is 0 Å². The predicted octanol–water partition coefficient (Wildman–Crippen LogP) is 3.51. The van der Waals surface area contributed by atoms with Gasteiger partial charge in [0.1, 0.15) is 5.82 Å². The number of piperidine rings is 1. The van der Waals surface area contributed by atoms with E-state index in [1.807, 2.05) is 13.3 Å². The van der Waals surface area contributed by atoms with E-state index >= 15 is 0 Å². The Balaban J connectivity index is 1.52. The van der Waals surface area contributed by atoms with Crippen LogP contribution in [0.3, 0.4) is 0 Å². The van der Waals surface area contributed by atoms with Crippen molar-refractivity contribution in [3.05, 3.63) is 60.2 Å². The summed E-state index contributed by atoms with van der Waals surface area (Å²) >= 11 is 0. The Bertz CT molecular complexity index is 1040. The third-order valence-corrected chi connectivity index (χ3v) is 6.91. The summed E-state index contributed by atoms with van der Waals surface area (Å²) in [5.41, 5.74) is 3.21. The first kappa shape index (κ1) is 17.2. The second-order valence-corrected chi connectivity index (χ2v) is 8.67. The number of fused-ring (bicyclic) bond motifs is 1. The number of aryl methyl sites for hydroxylation is 1. The number of halogens is 1. The summed E-state index contributed by atoms with van der Waals surface area (Å²) in [6.07, 6.45) is 3.29. The molecule has 0 aliphatic carbocycles. The zero-order valence-corrected chi connectivity index (χ0v) is 15.3. The highest BCUT2D eigenvalue weighted by molar-refractivity contribution is 7.89. The lowest BCUT2D eigenvalue weighted by Gasteiger charge is -2.32. The number of imidazole rings is 1. The van der Waals surface area contributed by atoms with Gasteiger partial charge < -0.3 is 4.57 Å². The lowest BCUT2D eigenvalue weighted by molar-refractivity contribution is 0.277. The van der Waals surface area contributed by atoms with Gasteiger partial charge in [-0.3, -0.25) is 0 Å². The Hall–Kier alpha value is -2.25. The van der Waals surface area contributed by atoms with Gasteiger partial charge in [-0.2, -0.15) is 4.31 Å². The SMILES string of the molecule is Cc1ccc2c(c1)ncn2C1CCN(S(=O)(=O)c2ccc(F)cc2)CC1. The number of aromatic nitrogens is 2. The van der Waals surface area contributed by atoms with Gasteiger partial charge >= 0.3 is 0 Å². The molecule has 1 aromatic heterocycles. The third kappa shape index (κ3) is 3.01. The van der Waals surface area contributed by atoms with Crippen LogP contribution in [0.5, 0.6) is 0 Å². The second-order valence-electron chi connectivity index (χ2n) is 6.73. The number of sulfonamides is 1. The van der Waals surface area contributed by atoms with Gasteiger partial charge in [0.2, 0.25) is 10.0 Å². The molecule has 0 saturated carbocycles. The van der Waals surface area contributed by atoms with Gasteiger partial charge in [0.05, 0.1) is 22.3 Å². The summed E-state index contributed by atoms with van der Waals surface area (Å²) in [4.78, 5) is 4.61. The monoisotopic (exact) mass is 373 g/mol. The molecule has 2 heterocycles. The minimum absolute atomic E-state index is 0.140. The topological polar surface area (TPSA) is 55.2 Å². The molecule has 0 bridgehead atoms. The van der Waals surface area contributed by atoms with E-state index in [9.17, 15) is 12.8 Å². The first-order valence-corrected chi connectivity index (χ1v) is 10.1. The minimum atomic E-state index is -3.58. The average Bonchev–Trinajstić information content (AvgIpc) is 3.05. The van der Waals surface area contributed by atoms with Gasteiger partial charge in [0, 0.05) is 19.1 Å². The molecule has 4 rings (SSSR count). The first-order chi connectivity index (χ1) is 12.4. The molecule has 0 radical (unpaired) electrons. The number of hydrogen-bond acceptors (Lipinski definition) is 3. The van der Waals surface area contributed by atoms with Gasteiger partial charge in [0.15, 0.2) is 0 Å².